The maximum atomic E-state index is 11.7. The summed E-state index contributed by atoms with van der Waals surface area (Å²) in [4.78, 5) is 26.0. The number of benzene rings is 1. The van der Waals surface area contributed by atoms with E-state index in [9.17, 15) is 14.9 Å². The van der Waals surface area contributed by atoms with Crippen LogP contribution in [0.4, 0.5) is 5.69 Å². The zero-order chi connectivity index (χ0) is 16.2. The third kappa shape index (κ3) is 3.41. The molecule has 1 aliphatic rings. The minimum Gasteiger partial charge on any atom is -0.465 e. The molecule has 7 nitrogen and oxygen atoms in total. The van der Waals surface area contributed by atoms with Gasteiger partial charge in [0.05, 0.1) is 11.2 Å². The van der Waals surface area contributed by atoms with Crippen LogP contribution in [-0.2, 0) is 9.53 Å². The first-order valence-corrected chi connectivity index (χ1v) is 6.60. The van der Waals surface area contributed by atoms with Gasteiger partial charge in [-0.2, -0.15) is 0 Å². The molecule has 2 heterocycles. The number of non-ortho nitro benzene ring substituents is 1. The van der Waals surface area contributed by atoms with Crippen LogP contribution in [0.2, 0.25) is 0 Å². The summed E-state index contributed by atoms with van der Waals surface area (Å²) in [7, 11) is 0. The normalized spacial score (nSPS) is 15.9. The van der Waals surface area contributed by atoms with Crippen LogP contribution in [0.5, 0.6) is 0 Å². The fraction of sp³-hybridized carbons (Fsp3) is 0. The van der Waals surface area contributed by atoms with Gasteiger partial charge in [-0.05, 0) is 23.8 Å². The second kappa shape index (κ2) is 6.10. The molecular weight excluding hydrogens is 300 g/mol. The first-order chi connectivity index (χ1) is 11.1. The number of cyclic esters (lactones) is 1. The number of carbonyl (C=O) groups excluding carboxylic acids is 1. The Kier molecular flexibility index (Phi) is 3.84. The monoisotopic (exact) mass is 310 g/mol. The van der Waals surface area contributed by atoms with E-state index in [2.05, 4.69) is 4.99 Å². The molecule has 0 saturated heterocycles. The van der Waals surface area contributed by atoms with Gasteiger partial charge in [-0.15, -0.1) is 0 Å². The molecule has 0 aliphatic carbocycles. The lowest BCUT2D eigenvalue weighted by molar-refractivity contribution is -0.384. The minimum absolute atomic E-state index is 0.0177. The SMILES string of the molecule is O=C1OC(C=Cc2cccc([N+](=O)[O-])c2)=NC1=Cc1ccco1. The van der Waals surface area contributed by atoms with Gasteiger partial charge in [0.15, 0.2) is 5.70 Å². The number of furan rings is 1. The summed E-state index contributed by atoms with van der Waals surface area (Å²) in [5.41, 5.74) is 0.705. The van der Waals surface area contributed by atoms with Crippen LogP contribution in [0, 0.1) is 10.1 Å². The van der Waals surface area contributed by atoms with Crippen molar-refractivity contribution in [2.24, 2.45) is 4.99 Å². The molecule has 1 aliphatic heterocycles. The molecule has 0 radical (unpaired) electrons. The topological polar surface area (TPSA) is 94.9 Å². The Labute approximate surface area is 130 Å². The van der Waals surface area contributed by atoms with Crippen LogP contribution < -0.4 is 0 Å². The van der Waals surface area contributed by atoms with Gasteiger partial charge in [0, 0.05) is 24.3 Å². The van der Waals surface area contributed by atoms with E-state index in [1.54, 1.807) is 30.3 Å². The fourth-order valence-corrected chi connectivity index (χ4v) is 1.91. The lowest BCUT2D eigenvalue weighted by atomic mass is 10.2. The van der Waals surface area contributed by atoms with Crippen LogP contribution in [0.3, 0.4) is 0 Å². The van der Waals surface area contributed by atoms with E-state index in [1.807, 2.05) is 0 Å². The lowest BCUT2D eigenvalue weighted by Crippen LogP contribution is -2.01. The van der Waals surface area contributed by atoms with Crippen molar-refractivity contribution in [1.29, 1.82) is 0 Å². The molecule has 0 spiro atoms. The molecule has 0 atom stereocenters. The van der Waals surface area contributed by atoms with E-state index < -0.39 is 10.9 Å². The van der Waals surface area contributed by atoms with Crippen molar-refractivity contribution < 1.29 is 18.9 Å². The summed E-state index contributed by atoms with van der Waals surface area (Å²) in [6.07, 6.45) is 6.00. The molecule has 0 N–H and O–H groups in total. The second-order valence-electron chi connectivity index (χ2n) is 4.57. The Bertz CT molecular complexity index is 847. The van der Waals surface area contributed by atoms with Crippen molar-refractivity contribution in [1.82, 2.24) is 0 Å². The average Bonchev–Trinajstić information content (AvgIpc) is 3.16. The van der Waals surface area contributed by atoms with E-state index in [0.29, 0.717) is 11.3 Å². The van der Waals surface area contributed by atoms with Gasteiger partial charge < -0.3 is 9.15 Å². The van der Waals surface area contributed by atoms with Gasteiger partial charge in [0.25, 0.3) is 5.69 Å². The van der Waals surface area contributed by atoms with E-state index in [-0.39, 0.29) is 17.3 Å². The molecule has 3 rings (SSSR count). The van der Waals surface area contributed by atoms with Crippen LogP contribution in [0.15, 0.2) is 63.8 Å². The van der Waals surface area contributed by atoms with E-state index >= 15 is 0 Å². The Morgan fingerprint density at radius 1 is 1.17 bits per heavy atom. The number of nitrogens with zero attached hydrogens (tertiary/aromatic N) is 2. The van der Waals surface area contributed by atoms with Crippen molar-refractivity contribution >= 4 is 29.7 Å². The second-order valence-corrected chi connectivity index (χ2v) is 4.57. The number of hydrogen-bond donors (Lipinski definition) is 0. The van der Waals surface area contributed by atoms with Gasteiger partial charge in [0.1, 0.15) is 5.76 Å². The molecule has 1 aromatic carbocycles. The number of nitro benzene ring substituents is 1. The highest BCUT2D eigenvalue weighted by Crippen LogP contribution is 2.18. The van der Waals surface area contributed by atoms with Gasteiger partial charge >= 0.3 is 5.97 Å². The van der Waals surface area contributed by atoms with Crippen LogP contribution in [0.25, 0.3) is 12.2 Å². The predicted molar refractivity (Wildman–Crippen MR) is 82.3 cm³/mol. The van der Waals surface area contributed by atoms with Crippen molar-refractivity contribution in [3.63, 3.8) is 0 Å². The van der Waals surface area contributed by atoms with Gasteiger partial charge in [0.2, 0.25) is 5.90 Å². The fourth-order valence-electron chi connectivity index (χ4n) is 1.91. The smallest absolute Gasteiger partial charge is 0.363 e. The lowest BCUT2D eigenvalue weighted by Gasteiger charge is -1.94. The Morgan fingerprint density at radius 3 is 2.78 bits per heavy atom. The molecule has 7 heteroatoms. The number of ether oxygens (including phenoxy) is 1. The van der Waals surface area contributed by atoms with E-state index in [1.165, 1.54) is 30.5 Å². The number of nitro groups is 1. The van der Waals surface area contributed by atoms with Crippen LogP contribution >= 0.6 is 0 Å². The summed E-state index contributed by atoms with van der Waals surface area (Å²) in [6, 6.07) is 9.46. The molecule has 114 valence electrons. The quantitative estimate of drug-likeness (QED) is 0.374. The minimum atomic E-state index is -0.583. The zero-order valence-corrected chi connectivity index (χ0v) is 11.7. The van der Waals surface area contributed by atoms with Crippen molar-refractivity contribution in [2.45, 2.75) is 0 Å². The molecule has 0 amide bonds. The number of hydrogen-bond acceptors (Lipinski definition) is 6. The van der Waals surface area contributed by atoms with Crippen molar-refractivity contribution in [2.75, 3.05) is 0 Å². The third-order valence-electron chi connectivity index (χ3n) is 2.96. The molecule has 0 saturated carbocycles. The summed E-state index contributed by atoms with van der Waals surface area (Å²) < 4.78 is 10.1. The number of carbonyl (C=O) groups is 1. The molecular formula is C16H10N2O5. The molecule has 1 aromatic heterocycles. The average molecular weight is 310 g/mol. The van der Waals surface area contributed by atoms with Crippen molar-refractivity contribution in [3.05, 3.63) is 75.9 Å². The largest absolute Gasteiger partial charge is 0.465 e. The van der Waals surface area contributed by atoms with Gasteiger partial charge in [-0.1, -0.05) is 12.1 Å². The summed E-state index contributed by atoms with van der Waals surface area (Å²) in [5.74, 6) is 0.0176. The Balaban J connectivity index is 1.79. The Morgan fingerprint density at radius 2 is 2.04 bits per heavy atom. The van der Waals surface area contributed by atoms with Crippen molar-refractivity contribution in [3.8, 4) is 0 Å². The predicted octanol–water partition coefficient (Wildman–Crippen LogP) is 3.20. The van der Waals surface area contributed by atoms with E-state index in [4.69, 9.17) is 9.15 Å². The number of esters is 1. The molecule has 0 fully saturated rings. The first-order valence-electron chi connectivity index (χ1n) is 6.60. The highest BCUT2D eigenvalue weighted by Gasteiger charge is 2.21. The zero-order valence-electron chi connectivity index (χ0n) is 11.7. The molecule has 23 heavy (non-hydrogen) atoms. The summed E-state index contributed by atoms with van der Waals surface area (Å²) in [5, 5.41) is 10.7. The van der Waals surface area contributed by atoms with E-state index in [0.717, 1.165) is 0 Å². The highest BCUT2D eigenvalue weighted by molar-refractivity contribution is 6.11. The maximum absolute atomic E-state index is 11.7. The summed E-state index contributed by atoms with van der Waals surface area (Å²) >= 11 is 0. The maximum Gasteiger partial charge on any atom is 0.363 e. The molecule has 0 unspecified atom stereocenters. The number of rotatable bonds is 4. The molecule has 2 aromatic rings. The first kappa shape index (κ1) is 14.5. The number of aliphatic imine (C=N–C) groups is 1. The van der Waals surface area contributed by atoms with Crippen LogP contribution in [0.1, 0.15) is 11.3 Å². The van der Waals surface area contributed by atoms with Gasteiger partial charge in [-0.3, -0.25) is 10.1 Å². The summed E-state index contributed by atoms with van der Waals surface area (Å²) in [6.45, 7) is 0. The highest BCUT2D eigenvalue weighted by atomic mass is 16.6. The Hall–Kier alpha value is -3.48. The standard InChI is InChI=1S/C16H10N2O5/c19-16-14(10-13-5-2-8-22-13)17-15(23-16)7-6-11-3-1-4-12(9-11)18(20)21/h1-10H. The molecule has 0 bridgehead atoms. The van der Waals surface area contributed by atoms with Gasteiger partial charge in [-0.25, -0.2) is 9.79 Å². The van der Waals surface area contributed by atoms with Crippen LogP contribution in [-0.4, -0.2) is 16.8 Å². The third-order valence-corrected chi connectivity index (χ3v) is 2.96.